The molecule has 2 aromatic heterocycles. The summed E-state index contributed by atoms with van der Waals surface area (Å²) in [4.78, 5) is 12.3. The smallest absolute Gasteiger partial charge is 0.272 e. The Balaban J connectivity index is 1.69. The van der Waals surface area contributed by atoms with Crippen LogP contribution < -0.4 is 5.73 Å². The number of nitrogen functional groups attached to an aromatic ring is 1. The van der Waals surface area contributed by atoms with Gasteiger partial charge in [0.25, 0.3) is 6.48 Å². The van der Waals surface area contributed by atoms with Gasteiger partial charge in [-0.3, -0.25) is 4.57 Å². The van der Waals surface area contributed by atoms with Gasteiger partial charge in [-0.25, -0.2) is 15.0 Å². The number of aliphatic hydroxyl groups excluding tert-OH is 1. The van der Waals surface area contributed by atoms with Gasteiger partial charge in [-0.05, 0) is 6.92 Å². The molecule has 3 N–H and O–H groups in total. The van der Waals surface area contributed by atoms with E-state index in [-0.39, 0.29) is 12.4 Å². The quantitative estimate of drug-likeness (QED) is 0.758. The number of anilines is 1. The zero-order valence-electron chi connectivity index (χ0n) is 12.4. The van der Waals surface area contributed by atoms with E-state index in [1.165, 1.54) is 6.33 Å². The van der Waals surface area contributed by atoms with Gasteiger partial charge < -0.3 is 29.8 Å². The van der Waals surface area contributed by atoms with Crippen molar-refractivity contribution in [3.8, 4) is 0 Å². The van der Waals surface area contributed by atoms with E-state index in [1.807, 2.05) is 6.92 Å². The first-order valence-electron chi connectivity index (χ1n) is 7.34. The molecule has 0 aliphatic carbocycles. The van der Waals surface area contributed by atoms with Crippen molar-refractivity contribution < 1.29 is 24.1 Å². The third kappa shape index (κ3) is 2.26. The molecule has 0 spiro atoms. The highest BCUT2D eigenvalue weighted by Gasteiger charge is 2.54. The topological polar surface area (TPSA) is 127 Å². The zero-order valence-corrected chi connectivity index (χ0v) is 12.4. The van der Waals surface area contributed by atoms with Crippen LogP contribution in [0.3, 0.4) is 0 Å². The van der Waals surface area contributed by atoms with Crippen molar-refractivity contribution in [3.63, 3.8) is 0 Å². The molecule has 23 heavy (non-hydrogen) atoms. The van der Waals surface area contributed by atoms with Crippen LogP contribution in [0.25, 0.3) is 11.2 Å². The third-order valence-corrected chi connectivity index (χ3v) is 3.97. The lowest BCUT2D eigenvalue weighted by Crippen LogP contribution is -2.31. The first-order valence-corrected chi connectivity index (χ1v) is 7.34. The Morgan fingerprint density at radius 1 is 1.26 bits per heavy atom. The van der Waals surface area contributed by atoms with Crippen LogP contribution in [0.2, 0.25) is 0 Å². The second kappa shape index (κ2) is 5.65. The normalized spacial score (nSPS) is 33.4. The fourth-order valence-corrected chi connectivity index (χ4v) is 2.95. The van der Waals surface area contributed by atoms with Gasteiger partial charge in [-0.1, -0.05) is 0 Å². The van der Waals surface area contributed by atoms with Crippen LogP contribution in [0, 0.1) is 0 Å². The van der Waals surface area contributed by atoms with E-state index in [0.717, 1.165) is 0 Å². The minimum atomic E-state index is -0.773. The molecule has 2 aliphatic heterocycles. The van der Waals surface area contributed by atoms with Gasteiger partial charge in [0.15, 0.2) is 17.7 Å². The lowest BCUT2D eigenvalue weighted by atomic mass is 10.1. The van der Waals surface area contributed by atoms with Crippen molar-refractivity contribution in [1.82, 2.24) is 19.5 Å². The number of rotatable bonds is 4. The Morgan fingerprint density at radius 3 is 2.87 bits per heavy atom. The largest absolute Gasteiger partial charge is 0.394 e. The Kier molecular flexibility index (Phi) is 3.62. The van der Waals surface area contributed by atoms with E-state index in [9.17, 15) is 5.11 Å². The molecule has 10 heteroatoms. The zero-order chi connectivity index (χ0) is 16.0. The highest BCUT2D eigenvalue weighted by atomic mass is 16.9. The van der Waals surface area contributed by atoms with Crippen LogP contribution in [0.4, 0.5) is 5.82 Å². The Bertz CT molecular complexity index is 709. The molecule has 0 aromatic carbocycles. The Morgan fingerprint density at radius 2 is 2.09 bits per heavy atom. The molecule has 0 amide bonds. The first kappa shape index (κ1) is 14.7. The minimum Gasteiger partial charge on any atom is -0.394 e. The number of aliphatic hydroxyl groups is 1. The summed E-state index contributed by atoms with van der Waals surface area (Å²) in [5.74, 6) is 0.290. The van der Waals surface area contributed by atoms with E-state index in [2.05, 4.69) is 15.0 Å². The third-order valence-electron chi connectivity index (χ3n) is 3.97. The lowest BCUT2D eigenvalue weighted by molar-refractivity contribution is -0.265. The van der Waals surface area contributed by atoms with Crippen molar-refractivity contribution in [2.45, 2.75) is 37.9 Å². The molecule has 124 valence electrons. The fraction of sp³-hybridized carbons (Fsp3) is 0.615. The van der Waals surface area contributed by atoms with E-state index in [4.69, 9.17) is 24.7 Å². The Hall–Kier alpha value is -1.85. The summed E-state index contributed by atoms with van der Waals surface area (Å²) in [6, 6.07) is 0. The van der Waals surface area contributed by atoms with Gasteiger partial charge in [0.2, 0.25) is 0 Å². The lowest BCUT2D eigenvalue weighted by Gasteiger charge is -2.20. The molecule has 5 atom stereocenters. The number of aromatic nitrogens is 4. The molecule has 0 saturated carbocycles. The van der Waals surface area contributed by atoms with Crippen LogP contribution in [0.15, 0.2) is 12.7 Å². The maximum absolute atomic E-state index is 9.53. The highest BCUT2D eigenvalue weighted by Crippen LogP contribution is 2.40. The molecule has 10 nitrogen and oxygen atoms in total. The van der Waals surface area contributed by atoms with Crippen LogP contribution in [0.5, 0.6) is 0 Å². The summed E-state index contributed by atoms with van der Waals surface area (Å²) < 4.78 is 24.4. The van der Waals surface area contributed by atoms with Gasteiger partial charge in [0.1, 0.15) is 30.2 Å². The van der Waals surface area contributed by atoms with Crippen molar-refractivity contribution in [2.75, 3.05) is 18.9 Å². The number of nitrogens with two attached hydrogens (primary N) is 1. The van der Waals surface area contributed by atoms with Crippen molar-refractivity contribution in [2.24, 2.45) is 0 Å². The molecule has 4 heterocycles. The van der Waals surface area contributed by atoms with E-state index in [1.54, 1.807) is 10.9 Å². The SMILES string of the molecule is CCO[C@H]1O[C@@H]2[C@H](O1)[C@H](CO)O[C@@H]2n1cnc2c(N)ncnc21. The van der Waals surface area contributed by atoms with E-state index >= 15 is 0 Å². The van der Waals surface area contributed by atoms with Crippen molar-refractivity contribution in [1.29, 1.82) is 0 Å². The minimum absolute atomic E-state index is 0.191. The molecular formula is C13H17N5O5. The van der Waals surface area contributed by atoms with Crippen LogP contribution in [0.1, 0.15) is 13.2 Å². The van der Waals surface area contributed by atoms with Gasteiger partial charge >= 0.3 is 0 Å². The van der Waals surface area contributed by atoms with Crippen LogP contribution in [-0.2, 0) is 18.9 Å². The number of ether oxygens (including phenoxy) is 4. The summed E-state index contributed by atoms with van der Waals surface area (Å²) in [6.07, 6.45) is 0.972. The molecule has 0 bridgehead atoms. The summed E-state index contributed by atoms with van der Waals surface area (Å²) in [6.45, 7) is 1.34. The molecule has 2 fully saturated rings. The highest BCUT2D eigenvalue weighted by molar-refractivity contribution is 5.81. The monoisotopic (exact) mass is 323 g/mol. The predicted octanol–water partition coefficient (Wildman–Crippen LogP) is -0.598. The average Bonchev–Trinajstić information content (AvgIpc) is 3.21. The summed E-state index contributed by atoms with van der Waals surface area (Å²) >= 11 is 0. The molecule has 0 radical (unpaired) electrons. The number of hydrogen-bond donors (Lipinski definition) is 2. The molecule has 2 aliphatic rings. The Labute approximate surface area is 131 Å². The van der Waals surface area contributed by atoms with Gasteiger partial charge in [0, 0.05) is 6.61 Å². The molecule has 2 aromatic rings. The predicted molar refractivity (Wildman–Crippen MR) is 75.9 cm³/mol. The number of fused-ring (bicyclic) bond motifs is 2. The summed E-state index contributed by atoms with van der Waals surface area (Å²) in [7, 11) is 0. The maximum atomic E-state index is 9.53. The molecule has 2 saturated heterocycles. The van der Waals surface area contributed by atoms with Gasteiger partial charge in [-0.2, -0.15) is 0 Å². The van der Waals surface area contributed by atoms with Crippen molar-refractivity contribution >= 4 is 17.0 Å². The van der Waals surface area contributed by atoms with E-state index in [0.29, 0.717) is 17.8 Å². The van der Waals surface area contributed by atoms with Crippen LogP contribution >= 0.6 is 0 Å². The molecule has 0 unspecified atom stereocenters. The van der Waals surface area contributed by atoms with Crippen molar-refractivity contribution in [3.05, 3.63) is 12.7 Å². The molecule has 4 rings (SSSR count). The van der Waals surface area contributed by atoms with E-state index < -0.39 is 31.0 Å². The number of imidazole rings is 1. The number of nitrogens with zero attached hydrogens (tertiary/aromatic N) is 4. The summed E-state index contributed by atoms with van der Waals surface area (Å²) in [5, 5.41) is 9.53. The molecular weight excluding hydrogens is 306 g/mol. The number of hydrogen-bond acceptors (Lipinski definition) is 9. The second-order valence-corrected chi connectivity index (χ2v) is 5.28. The second-order valence-electron chi connectivity index (χ2n) is 5.28. The standard InChI is InChI=1S/C13H17N5O5/c1-2-20-13-22-8-6(3-19)21-12(9(8)23-13)18-5-17-7-10(14)15-4-16-11(7)18/h4-6,8-9,12-13,19H,2-3H2,1H3,(H2,14,15,16)/t6-,8+,9+,12-,13+/m0/s1. The maximum Gasteiger partial charge on any atom is 0.272 e. The average molecular weight is 323 g/mol. The first-order chi connectivity index (χ1) is 11.2. The summed E-state index contributed by atoms with van der Waals surface area (Å²) in [5.41, 5.74) is 6.82. The van der Waals surface area contributed by atoms with Gasteiger partial charge in [0.05, 0.1) is 12.9 Å². The van der Waals surface area contributed by atoms with Gasteiger partial charge in [-0.15, -0.1) is 0 Å². The van der Waals surface area contributed by atoms with Crippen LogP contribution in [-0.4, -0.2) is 62.6 Å². The fourth-order valence-electron chi connectivity index (χ4n) is 2.95.